The van der Waals surface area contributed by atoms with Crippen LogP contribution < -0.4 is 28.8 Å². The molecule has 10 heteroatoms. The van der Waals surface area contributed by atoms with Crippen LogP contribution in [0.2, 0.25) is 0 Å². The van der Waals surface area contributed by atoms with E-state index in [9.17, 15) is 0 Å². The molecule has 0 aliphatic rings. The molecule has 76 valence electrons. The number of quaternary nitrogens is 3. The molecule has 0 aromatic carbocycles. The SMILES string of the molecule is C[O-].O=S(=O)([O-])O[O-].[NH4+].[NH4+].[NH4+]. The lowest BCUT2D eigenvalue weighted by molar-refractivity contribution is -0.637. The normalized spacial score (nSPS) is 6.91. The van der Waals surface area contributed by atoms with Gasteiger partial charge in [0.15, 0.2) is 0 Å². The molecule has 11 heavy (non-hydrogen) atoms. The van der Waals surface area contributed by atoms with E-state index in [-0.39, 0.29) is 18.5 Å². The summed E-state index contributed by atoms with van der Waals surface area (Å²) in [6, 6.07) is 0. The molecular formula is CH15N3O6S. The first kappa shape index (κ1) is 31.0. The lowest BCUT2D eigenvalue weighted by Gasteiger charge is -2.07. The highest BCUT2D eigenvalue weighted by molar-refractivity contribution is 7.80. The Morgan fingerprint density at radius 3 is 1.18 bits per heavy atom. The second-order valence-electron chi connectivity index (χ2n) is 0.476. The lowest BCUT2D eigenvalue weighted by Crippen LogP contribution is -2.13. The largest absolute Gasteiger partial charge is 0.857 e. The van der Waals surface area contributed by atoms with Crippen LogP contribution >= 0.6 is 0 Å². The summed E-state index contributed by atoms with van der Waals surface area (Å²) < 4.78 is 28.8. The minimum atomic E-state index is -4.97. The van der Waals surface area contributed by atoms with E-state index in [1.54, 1.807) is 0 Å². The van der Waals surface area contributed by atoms with E-state index in [0.717, 1.165) is 7.11 Å². The molecule has 0 aliphatic carbocycles. The minimum absolute atomic E-state index is 0. The predicted molar refractivity (Wildman–Crippen MR) is 34.7 cm³/mol. The molecule has 0 amide bonds. The molecule has 0 rings (SSSR count). The molecule has 0 fully saturated rings. The Morgan fingerprint density at radius 2 is 1.18 bits per heavy atom. The monoisotopic (exact) mass is 197 g/mol. The smallest absolute Gasteiger partial charge is 0.208 e. The van der Waals surface area contributed by atoms with E-state index in [1.165, 1.54) is 0 Å². The van der Waals surface area contributed by atoms with Crippen molar-refractivity contribution in [2.45, 2.75) is 0 Å². The first-order valence-corrected chi connectivity index (χ1v) is 2.57. The maximum atomic E-state index is 8.91. The summed E-state index contributed by atoms with van der Waals surface area (Å²) in [6.45, 7) is 0. The molecule has 0 spiro atoms. The Balaban J connectivity index is -0.0000000222. The fourth-order valence-corrected chi connectivity index (χ4v) is 0. The fraction of sp³-hybridized carbons (Fsp3) is 1.00. The Hall–Kier alpha value is -0.330. The minimum Gasteiger partial charge on any atom is -0.857 e. The van der Waals surface area contributed by atoms with Gasteiger partial charge in [-0.05, 0) is 0 Å². The van der Waals surface area contributed by atoms with Crippen molar-refractivity contribution in [3.8, 4) is 0 Å². The third-order valence-electron chi connectivity index (χ3n) is 0.0833. The van der Waals surface area contributed by atoms with E-state index in [1.807, 2.05) is 0 Å². The molecule has 0 atom stereocenters. The maximum absolute atomic E-state index is 8.91. The zero-order valence-electron chi connectivity index (χ0n) is 6.86. The van der Waals surface area contributed by atoms with Gasteiger partial charge in [0, 0.05) is 0 Å². The average Bonchev–Trinajstić information content (AvgIpc) is 1.71. The van der Waals surface area contributed by atoms with Gasteiger partial charge < -0.3 is 37.7 Å². The van der Waals surface area contributed by atoms with Crippen LogP contribution in [0.25, 0.3) is 0 Å². The molecule has 0 aromatic rings. The van der Waals surface area contributed by atoms with Crippen LogP contribution in [0.5, 0.6) is 0 Å². The van der Waals surface area contributed by atoms with Gasteiger partial charge in [-0.15, -0.1) is 0 Å². The van der Waals surface area contributed by atoms with Crippen LogP contribution in [0.3, 0.4) is 0 Å². The zero-order valence-corrected chi connectivity index (χ0v) is 7.67. The second kappa shape index (κ2) is 16.3. The number of hydrogen-bond acceptors (Lipinski definition) is 6. The van der Waals surface area contributed by atoms with Crippen LogP contribution in [-0.4, -0.2) is 20.1 Å². The second-order valence-corrected chi connectivity index (χ2v) is 1.43. The van der Waals surface area contributed by atoms with Gasteiger partial charge in [0.2, 0.25) is 10.4 Å². The van der Waals surface area contributed by atoms with Crippen molar-refractivity contribution in [2.24, 2.45) is 0 Å². The van der Waals surface area contributed by atoms with Crippen molar-refractivity contribution in [3.63, 3.8) is 0 Å². The molecule has 0 bridgehead atoms. The first-order chi connectivity index (χ1) is 3.56. The molecule has 0 aliphatic heterocycles. The van der Waals surface area contributed by atoms with Gasteiger partial charge in [-0.3, -0.25) is 0 Å². The highest BCUT2D eigenvalue weighted by Gasteiger charge is 1.73. The molecule has 0 saturated heterocycles. The Morgan fingerprint density at radius 1 is 1.09 bits per heavy atom. The lowest BCUT2D eigenvalue weighted by atomic mass is 11.8. The van der Waals surface area contributed by atoms with Crippen molar-refractivity contribution < 1.29 is 27.7 Å². The fourth-order valence-electron chi connectivity index (χ4n) is 0. The predicted octanol–water partition coefficient (Wildman–Crippen LogP) is -2.16. The van der Waals surface area contributed by atoms with Crippen molar-refractivity contribution >= 4 is 10.4 Å². The van der Waals surface area contributed by atoms with Crippen LogP contribution in [0.1, 0.15) is 0 Å². The van der Waals surface area contributed by atoms with Gasteiger partial charge in [-0.25, -0.2) is 8.42 Å². The Kier molecular flexibility index (Phi) is 46.1. The van der Waals surface area contributed by atoms with Gasteiger partial charge in [-0.1, -0.05) is 0 Å². The van der Waals surface area contributed by atoms with Gasteiger partial charge in [0.25, 0.3) is 0 Å². The first-order valence-electron chi connectivity index (χ1n) is 1.24. The van der Waals surface area contributed by atoms with E-state index in [4.69, 9.17) is 23.3 Å². The molecule has 0 unspecified atom stereocenters. The summed E-state index contributed by atoms with van der Waals surface area (Å²) in [4.78, 5) is 0. The maximum Gasteiger partial charge on any atom is 0.208 e. The van der Waals surface area contributed by atoms with Crippen LogP contribution in [0, 0.1) is 0 Å². The van der Waals surface area contributed by atoms with Crippen molar-refractivity contribution in [1.29, 1.82) is 0 Å². The van der Waals surface area contributed by atoms with Crippen LogP contribution in [-0.2, 0) is 14.7 Å². The summed E-state index contributed by atoms with van der Waals surface area (Å²) in [5, 5.41) is 16.8. The van der Waals surface area contributed by atoms with E-state index >= 15 is 0 Å². The quantitative estimate of drug-likeness (QED) is 0.183. The zero-order chi connectivity index (χ0) is 7.21. The molecule has 0 saturated carbocycles. The van der Waals surface area contributed by atoms with Gasteiger partial charge >= 0.3 is 0 Å². The Labute approximate surface area is 64.6 Å². The number of rotatable bonds is 1. The topological polar surface area (TPSA) is 222 Å². The molecule has 0 heterocycles. The average molecular weight is 197 g/mol. The van der Waals surface area contributed by atoms with E-state index in [0.29, 0.717) is 0 Å². The molecule has 12 N–H and O–H groups in total. The van der Waals surface area contributed by atoms with Gasteiger partial charge in [0.05, 0.1) is 0 Å². The van der Waals surface area contributed by atoms with Crippen molar-refractivity contribution in [2.75, 3.05) is 7.11 Å². The van der Waals surface area contributed by atoms with E-state index in [2.05, 4.69) is 4.33 Å². The Bertz CT molecular complexity index is 120. The van der Waals surface area contributed by atoms with Crippen molar-refractivity contribution in [1.82, 2.24) is 18.5 Å². The highest BCUT2D eigenvalue weighted by atomic mass is 32.3. The summed E-state index contributed by atoms with van der Waals surface area (Å²) in [5.74, 6) is 0. The summed E-state index contributed by atoms with van der Waals surface area (Å²) >= 11 is 0. The summed E-state index contributed by atoms with van der Waals surface area (Å²) in [7, 11) is -4.22. The number of hydrogen-bond donors (Lipinski definition) is 3. The highest BCUT2D eigenvalue weighted by Crippen LogP contribution is 1.69. The van der Waals surface area contributed by atoms with E-state index < -0.39 is 10.4 Å². The molecule has 0 aromatic heterocycles. The van der Waals surface area contributed by atoms with Gasteiger partial charge in [0.1, 0.15) is 0 Å². The third-order valence-corrected chi connectivity index (χ3v) is 0.250. The molecular weight excluding hydrogens is 182 g/mol. The van der Waals surface area contributed by atoms with Crippen LogP contribution in [0.4, 0.5) is 0 Å². The summed E-state index contributed by atoms with van der Waals surface area (Å²) in [5.41, 5.74) is 0. The third kappa shape index (κ3) is 79.8. The van der Waals surface area contributed by atoms with Crippen LogP contribution in [0.15, 0.2) is 0 Å². The van der Waals surface area contributed by atoms with Gasteiger partial charge in [-0.2, -0.15) is 7.11 Å². The summed E-state index contributed by atoms with van der Waals surface area (Å²) in [6.07, 6.45) is 0. The molecule has 9 nitrogen and oxygen atoms in total. The molecule has 0 radical (unpaired) electrons. The van der Waals surface area contributed by atoms with Crippen molar-refractivity contribution in [3.05, 3.63) is 0 Å². The standard InChI is InChI=1S/CH3O.3H3N.H2O5S/c1-2;;;;1-5-6(2,3)4/h1H3;3*1H3;1H,(H,2,3,4)/q-1;;;;/p+1.